The molecule has 0 aliphatic heterocycles. The predicted molar refractivity (Wildman–Crippen MR) is 73.5 cm³/mol. The van der Waals surface area contributed by atoms with Gasteiger partial charge in [-0.05, 0) is 46.3 Å². The van der Waals surface area contributed by atoms with Crippen molar-refractivity contribution in [1.82, 2.24) is 10.2 Å². The molecule has 1 N–H and O–H groups in total. The van der Waals surface area contributed by atoms with Gasteiger partial charge in [0.2, 0.25) is 12.3 Å². The third-order valence-electron chi connectivity index (χ3n) is 2.57. The highest BCUT2D eigenvalue weighted by molar-refractivity contribution is 9.10. The van der Waals surface area contributed by atoms with Gasteiger partial charge in [0.25, 0.3) is 0 Å². The number of rotatable bonds is 4. The molecule has 2 aromatic heterocycles. The van der Waals surface area contributed by atoms with Crippen LogP contribution in [0.5, 0.6) is 0 Å². The van der Waals surface area contributed by atoms with E-state index in [1.807, 2.05) is 36.4 Å². The fourth-order valence-corrected chi connectivity index (χ4v) is 2.04. The molecule has 3 rings (SSSR count). The molecule has 1 aromatic carbocycles. The number of hydrogen-bond acceptors (Lipinski definition) is 5. The lowest BCUT2D eigenvalue weighted by Crippen LogP contribution is -1.97. The van der Waals surface area contributed by atoms with Crippen LogP contribution in [-0.4, -0.2) is 10.2 Å². The molecule has 0 spiro atoms. The largest absolute Gasteiger partial charge is 0.452 e. The van der Waals surface area contributed by atoms with Gasteiger partial charge in [-0.2, -0.15) is 0 Å². The van der Waals surface area contributed by atoms with Gasteiger partial charge in [-0.1, -0.05) is 6.07 Å². The van der Waals surface area contributed by atoms with Crippen molar-refractivity contribution in [2.45, 2.75) is 6.54 Å². The summed E-state index contributed by atoms with van der Waals surface area (Å²) in [6, 6.07) is 11.6. The molecule has 5 nitrogen and oxygen atoms in total. The summed E-state index contributed by atoms with van der Waals surface area (Å²) in [5.74, 6) is 1.36. The number of anilines is 1. The second-order valence-corrected chi connectivity index (χ2v) is 4.67. The molecule has 96 valence electrons. The SMILES string of the molecule is Brc1ccc(CNc2cccc(-c3nnco3)c2)o1. The number of nitrogens with one attached hydrogen (secondary N) is 1. The summed E-state index contributed by atoms with van der Waals surface area (Å²) in [7, 11) is 0. The molecule has 2 heterocycles. The van der Waals surface area contributed by atoms with Gasteiger partial charge in [-0.25, -0.2) is 0 Å². The van der Waals surface area contributed by atoms with Gasteiger partial charge in [0.1, 0.15) is 5.76 Å². The predicted octanol–water partition coefficient (Wildman–Crippen LogP) is 3.70. The first-order chi connectivity index (χ1) is 9.31. The second-order valence-electron chi connectivity index (χ2n) is 3.88. The summed E-state index contributed by atoms with van der Waals surface area (Å²) >= 11 is 3.27. The number of nitrogens with zero attached hydrogens (tertiary/aromatic N) is 2. The van der Waals surface area contributed by atoms with E-state index in [1.54, 1.807) is 0 Å². The molecule has 0 aliphatic carbocycles. The summed E-state index contributed by atoms with van der Waals surface area (Å²) in [6.45, 7) is 0.610. The zero-order chi connectivity index (χ0) is 13.1. The number of hydrogen-bond donors (Lipinski definition) is 1. The molecule has 0 aliphatic rings. The van der Waals surface area contributed by atoms with Gasteiger partial charge >= 0.3 is 0 Å². The fraction of sp³-hybridized carbons (Fsp3) is 0.0769. The molecule has 0 fully saturated rings. The zero-order valence-corrected chi connectivity index (χ0v) is 11.4. The highest BCUT2D eigenvalue weighted by Crippen LogP contribution is 2.21. The van der Waals surface area contributed by atoms with Crippen molar-refractivity contribution in [2.24, 2.45) is 0 Å². The molecule has 0 radical (unpaired) electrons. The summed E-state index contributed by atoms with van der Waals surface area (Å²) in [6.07, 6.45) is 1.32. The quantitative estimate of drug-likeness (QED) is 0.794. The van der Waals surface area contributed by atoms with Crippen molar-refractivity contribution < 1.29 is 8.83 Å². The van der Waals surface area contributed by atoms with E-state index in [1.165, 1.54) is 6.39 Å². The Balaban J connectivity index is 1.73. The van der Waals surface area contributed by atoms with Crippen LogP contribution in [0.15, 0.2) is 56.3 Å². The van der Waals surface area contributed by atoms with Gasteiger partial charge < -0.3 is 14.2 Å². The molecule has 0 saturated carbocycles. The molecule has 0 unspecified atom stereocenters. The standard InChI is InChI=1S/C13H10BrN3O2/c14-12-5-4-11(19-12)7-15-10-3-1-2-9(6-10)13-17-16-8-18-13/h1-6,8,15H,7H2. The fourth-order valence-electron chi connectivity index (χ4n) is 1.70. The van der Waals surface area contributed by atoms with Crippen molar-refractivity contribution in [3.05, 3.63) is 53.2 Å². The second kappa shape index (κ2) is 5.27. The van der Waals surface area contributed by atoms with Crippen molar-refractivity contribution in [3.63, 3.8) is 0 Å². The van der Waals surface area contributed by atoms with E-state index >= 15 is 0 Å². The first-order valence-electron chi connectivity index (χ1n) is 5.66. The number of halogens is 1. The molecule has 0 atom stereocenters. The molecular weight excluding hydrogens is 310 g/mol. The van der Waals surface area contributed by atoms with Crippen molar-refractivity contribution in [2.75, 3.05) is 5.32 Å². The molecule has 6 heteroatoms. The van der Waals surface area contributed by atoms with Gasteiger partial charge in [0.15, 0.2) is 4.67 Å². The molecule has 0 amide bonds. The van der Waals surface area contributed by atoms with Gasteiger partial charge in [-0.3, -0.25) is 0 Å². The Morgan fingerprint density at radius 2 is 2.16 bits per heavy atom. The Bertz CT molecular complexity index is 664. The first kappa shape index (κ1) is 12.0. The lowest BCUT2D eigenvalue weighted by atomic mass is 10.2. The average molecular weight is 320 g/mol. The number of furan rings is 1. The monoisotopic (exact) mass is 319 g/mol. The average Bonchev–Trinajstić information content (AvgIpc) is 3.08. The van der Waals surface area contributed by atoms with E-state index < -0.39 is 0 Å². The first-order valence-corrected chi connectivity index (χ1v) is 6.45. The minimum atomic E-state index is 0.504. The van der Waals surface area contributed by atoms with E-state index in [0.29, 0.717) is 12.4 Å². The minimum Gasteiger partial charge on any atom is -0.452 e. The molecule has 19 heavy (non-hydrogen) atoms. The Morgan fingerprint density at radius 1 is 1.21 bits per heavy atom. The molecular formula is C13H10BrN3O2. The maximum absolute atomic E-state index is 5.42. The van der Waals surface area contributed by atoms with Crippen LogP contribution in [0.1, 0.15) is 5.76 Å². The third-order valence-corrected chi connectivity index (χ3v) is 2.99. The zero-order valence-electron chi connectivity index (χ0n) is 9.84. The van der Waals surface area contributed by atoms with E-state index in [-0.39, 0.29) is 0 Å². The molecule has 0 bridgehead atoms. The van der Waals surface area contributed by atoms with Crippen LogP contribution in [0.3, 0.4) is 0 Å². The van der Waals surface area contributed by atoms with Gasteiger partial charge in [0.05, 0.1) is 6.54 Å². The van der Waals surface area contributed by atoms with Crippen LogP contribution in [-0.2, 0) is 6.54 Å². The van der Waals surface area contributed by atoms with E-state index in [4.69, 9.17) is 8.83 Å². The topological polar surface area (TPSA) is 64.1 Å². The lowest BCUT2D eigenvalue weighted by Gasteiger charge is -2.05. The van der Waals surface area contributed by atoms with Crippen molar-refractivity contribution >= 4 is 21.6 Å². The van der Waals surface area contributed by atoms with E-state index in [9.17, 15) is 0 Å². The van der Waals surface area contributed by atoms with Gasteiger partial charge in [0, 0.05) is 11.3 Å². The lowest BCUT2D eigenvalue weighted by molar-refractivity contribution is 0.495. The third kappa shape index (κ3) is 2.85. The Hall–Kier alpha value is -2.08. The highest BCUT2D eigenvalue weighted by Gasteiger charge is 2.04. The normalized spacial score (nSPS) is 10.6. The van der Waals surface area contributed by atoms with Crippen LogP contribution < -0.4 is 5.32 Å². The van der Waals surface area contributed by atoms with Crippen LogP contribution in [0.4, 0.5) is 5.69 Å². The van der Waals surface area contributed by atoms with Crippen LogP contribution in [0.25, 0.3) is 11.5 Å². The summed E-state index contributed by atoms with van der Waals surface area (Å²) in [5, 5.41) is 10.8. The van der Waals surface area contributed by atoms with E-state index in [0.717, 1.165) is 21.7 Å². The smallest absolute Gasteiger partial charge is 0.247 e. The molecule has 0 saturated heterocycles. The highest BCUT2D eigenvalue weighted by atomic mass is 79.9. The summed E-state index contributed by atoms with van der Waals surface area (Å²) in [5.41, 5.74) is 1.84. The number of aromatic nitrogens is 2. The van der Waals surface area contributed by atoms with Gasteiger partial charge in [-0.15, -0.1) is 10.2 Å². The molecule has 3 aromatic rings. The Kier molecular flexibility index (Phi) is 3.33. The minimum absolute atomic E-state index is 0.504. The van der Waals surface area contributed by atoms with Crippen molar-refractivity contribution in [1.29, 1.82) is 0 Å². The maximum atomic E-state index is 5.42. The van der Waals surface area contributed by atoms with E-state index in [2.05, 4.69) is 31.4 Å². The van der Waals surface area contributed by atoms with Crippen molar-refractivity contribution in [3.8, 4) is 11.5 Å². The Labute approximate surface area is 117 Å². The van der Waals surface area contributed by atoms with Crippen LogP contribution >= 0.6 is 15.9 Å². The van der Waals surface area contributed by atoms with Crippen LogP contribution in [0.2, 0.25) is 0 Å². The maximum Gasteiger partial charge on any atom is 0.247 e. The Morgan fingerprint density at radius 3 is 2.89 bits per heavy atom. The van der Waals surface area contributed by atoms with Crippen LogP contribution in [0, 0.1) is 0 Å². The summed E-state index contributed by atoms with van der Waals surface area (Å²) in [4.78, 5) is 0. The summed E-state index contributed by atoms with van der Waals surface area (Å²) < 4.78 is 11.3. The number of benzene rings is 1.